The van der Waals surface area contributed by atoms with Crippen molar-refractivity contribution in [3.05, 3.63) is 62.7 Å². The Bertz CT molecular complexity index is 832. The number of Topliss-reactive ketones (excluding diaryl/α,β-unsaturated/α-hetero) is 1. The lowest BCUT2D eigenvalue weighted by atomic mass is 10.0. The smallest absolute Gasteiger partial charge is 0.306 e. The third-order valence-electron chi connectivity index (χ3n) is 3.86. The van der Waals surface area contributed by atoms with Crippen molar-refractivity contribution in [3.8, 4) is 0 Å². The van der Waals surface area contributed by atoms with Crippen LogP contribution in [0.3, 0.4) is 0 Å². The molecule has 136 valence electrons. The molecule has 5 nitrogen and oxygen atoms in total. The van der Waals surface area contributed by atoms with Crippen molar-refractivity contribution in [2.45, 2.75) is 26.7 Å². The average molecular weight is 465 g/mol. The number of ketones is 1. The topological polar surface area (TPSA) is 72.5 Å². The normalized spacial score (nSPS) is 10.3. The van der Waals surface area contributed by atoms with Crippen molar-refractivity contribution >= 4 is 45.9 Å². The van der Waals surface area contributed by atoms with Gasteiger partial charge >= 0.3 is 5.97 Å². The molecular formula is C20H20INO4. The van der Waals surface area contributed by atoms with E-state index in [1.54, 1.807) is 12.1 Å². The molecule has 0 fully saturated rings. The van der Waals surface area contributed by atoms with Gasteiger partial charge in [-0.25, -0.2) is 0 Å². The standard InChI is InChI=1S/C20H20INO4/c1-13-6-7-15(10-14(13)2)18(23)8-9-20(25)26-12-19(24)22-17-5-3-4-16(21)11-17/h3-7,10-11H,8-9,12H2,1-2H3,(H,22,24). The van der Waals surface area contributed by atoms with Gasteiger partial charge in [0.15, 0.2) is 12.4 Å². The third kappa shape index (κ3) is 6.25. The van der Waals surface area contributed by atoms with Crippen LogP contribution in [0.5, 0.6) is 0 Å². The van der Waals surface area contributed by atoms with Gasteiger partial charge in [0, 0.05) is 21.2 Å². The fourth-order valence-electron chi connectivity index (χ4n) is 2.26. The second-order valence-electron chi connectivity index (χ2n) is 5.94. The van der Waals surface area contributed by atoms with Gasteiger partial charge in [-0.1, -0.05) is 18.2 Å². The summed E-state index contributed by atoms with van der Waals surface area (Å²) >= 11 is 2.14. The number of aryl methyl sites for hydroxylation is 2. The van der Waals surface area contributed by atoms with Crippen LogP contribution in [0.15, 0.2) is 42.5 Å². The molecule has 0 unspecified atom stereocenters. The molecule has 2 rings (SSSR count). The quantitative estimate of drug-likeness (QED) is 0.381. The number of anilines is 1. The summed E-state index contributed by atoms with van der Waals surface area (Å²) in [7, 11) is 0. The predicted octanol–water partition coefficient (Wildman–Crippen LogP) is 4.05. The summed E-state index contributed by atoms with van der Waals surface area (Å²) < 4.78 is 5.92. The molecule has 0 spiro atoms. The summed E-state index contributed by atoms with van der Waals surface area (Å²) in [5.41, 5.74) is 3.37. The first-order valence-corrected chi connectivity index (χ1v) is 9.24. The fourth-order valence-corrected chi connectivity index (χ4v) is 2.80. The number of benzene rings is 2. The van der Waals surface area contributed by atoms with Crippen LogP contribution in [0.1, 0.15) is 34.3 Å². The molecule has 0 saturated carbocycles. The van der Waals surface area contributed by atoms with Gasteiger partial charge in [0.1, 0.15) is 0 Å². The molecular weight excluding hydrogens is 445 g/mol. The van der Waals surface area contributed by atoms with E-state index in [9.17, 15) is 14.4 Å². The molecule has 2 aromatic rings. The van der Waals surface area contributed by atoms with Crippen molar-refractivity contribution in [2.24, 2.45) is 0 Å². The maximum atomic E-state index is 12.1. The van der Waals surface area contributed by atoms with Crippen LogP contribution in [0, 0.1) is 17.4 Å². The van der Waals surface area contributed by atoms with Gasteiger partial charge in [-0.15, -0.1) is 0 Å². The first-order valence-electron chi connectivity index (χ1n) is 8.16. The number of carbonyl (C=O) groups excluding carboxylic acids is 3. The minimum Gasteiger partial charge on any atom is -0.456 e. The Hall–Kier alpha value is -2.22. The fraction of sp³-hybridized carbons (Fsp3) is 0.250. The summed E-state index contributed by atoms with van der Waals surface area (Å²) in [4.78, 5) is 35.7. The number of carbonyl (C=O) groups is 3. The molecule has 0 aliphatic carbocycles. The molecule has 0 aliphatic heterocycles. The molecule has 0 heterocycles. The highest BCUT2D eigenvalue weighted by Crippen LogP contribution is 2.13. The molecule has 1 N–H and O–H groups in total. The SMILES string of the molecule is Cc1ccc(C(=O)CCC(=O)OCC(=O)Nc2cccc(I)c2)cc1C. The Morgan fingerprint density at radius 3 is 2.46 bits per heavy atom. The molecule has 0 saturated heterocycles. The van der Waals surface area contributed by atoms with Gasteiger partial charge in [-0.05, 0) is 71.8 Å². The zero-order valence-electron chi connectivity index (χ0n) is 14.7. The number of esters is 1. The van der Waals surface area contributed by atoms with Crippen LogP contribution >= 0.6 is 22.6 Å². The average Bonchev–Trinajstić information content (AvgIpc) is 2.60. The van der Waals surface area contributed by atoms with Gasteiger partial charge in [0.25, 0.3) is 5.91 Å². The molecule has 0 atom stereocenters. The van der Waals surface area contributed by atoms with Crippen LogP contribution in [0.4, 0.5) is 5.69 Å². The van der Waals surface area contributed by atoms with Gasteiger partial charge in [-0.3, -0.25) is 14.4 Å². The molecule has 6 heteroatoms. The summed E-state index contributed by atoms with van der Waals surface area (Å²) in [5, 5.41) is 2.65. The van der Waals surface area contributed by atoms with Gasteiger partial charge in [0.05, 0.1) is 6.42 Å². The first kappa shape index (κ1) is 20.1. The zero-order chi connectivity index (χ0) is 19.1. The number of halogens is 1. The largest absolute Gasteiger partial charge is 0.456 e. The van der Waals surface area contributed by atoms with Crippen LogP contribution in [0.25, 0.3) is 0 Å². The van der Waals surface area contributed by atoms with Crippen LogP contribution in [-0.2, 0) is 14.3 Å². The van der Waals surface area contributed by atoms with E-state index < -0.39 is 11.9 Å². The number of nitrogens with one attached hydrogen (secondary N) is 1. The molecule has 0 radical (unpaired) electrons. The van der Waals surface area contributed by atoms with E-state index >= 15 is 0 Å². The summed E-state index contributed by atoms with van der Waals surface area (Å²) in [6.45, 7) is 3.54. The van der Waals surface area contributed by atoms with E-state index in [0.717, 1.165) is 14.7 Å². The lowest BCUT2D eigenvalue weighted by Gasteiger charge is -2.07. The van der Waals surface area contributed by atoms with Crippen molar-refractivity contribution in [3.63, 3.8) is 0 Å². The number of amides is 1. The molecule has 2 aromatic carbocycles. The van der Waals surface area contributed by atoms with E-state index in [0.29, 0.717) is 11.3 Å². The monoisotopic (exact) mass is 465 g/mol. The first-order chi connectivity index (χ1) is 12.3. The van der Waals surface area contributed by atoms with E-state index in [2.05, 4.69) is 27.9 Å². The summed E-state index contributed by atoms with van der Waals surface area (Å²) in [6.07, 6.45) is 0.00209. The minimum atomic E-state index is -0.569. The Kier molecular flexibility index (Phi) is 7.32. The van der Waals surface area contributed by atoms with Crippen LogP contribution in [-0.4, -0.2) is 24.3 Å². The van der Waals surface area contributed by atoms with Crippen LogP contribution < -0.4 is 5.32 Å². The Morgan fingerprint density at radius 1 is 1.00 bits per heavy atom. The van der Waals surface area contributed by atoms with Crippen molar-refractivity contribution in [2.75, 3.05) is 11.9 Å². The highest BCUT2D eigenvalue weighted by atomic mass is 127. The highest BCUT2D eigenvalue weighted by Gasteiger charge is 2.12. The maximum absolute atomic E-state index is 12.1. The van der Waals surface area contributed by atoms with Gasteiger partial charge < -0.3 is 10.1 Å². The number of rotatable bonds is 7. The molecule has 0 bridgehead atoms. The summed E-state index contributed by atoms with van der Waals surface area (Å²) in [6, 6.07) is 12.7. The Labute approximate surface area is 166 Å². The van der Waals surface area contributed by atoms with Gasteiger partial charge in [-0.2, -0.15) is 0 Å². The second kappa shape index (κ2) is 9.47. The maximum Gasteiger partial charge on any atom is 0.306 e. The zero-order valence-corrected chi connectivity index (χ0v) is 16.8. The van der Waals surface area contributed by atoms with Gasteiger partial charge in [0.2, 0.25) is 0 Å². The lowest BCUT2D eigenvalue weighted by Crippen LogP contribution is -2.21. The Balaban J connectivity index is 1.75. The van der Waals surface area contributed by atoms with Crippen molar-refractivity contribution in [1.82, 2.24) is 0 Å². The predicted molar refractivity (Wildman–Crippen MR) is 108 cm³/mol. The Morgan fingerprint density at radius 2 is 1.77 bits per heavy atom. The second-order valence-corrected chi connectivity index (χ2v) is 7.19. The minimum absolute atomic E-state index is 0.0533. The molecule has 26 heavy (non-hydrogen) atoms. The number of ether oxygens (including phenoxy) is 1. The highest BCUT2D eigenvalue weighted by molar-refractivity contribution is 14.1. The van der Waals surface area contributed by atoms with Crippen LogP contribution in [0.2, 0.25) is 0 Å². The van der Waals surface area contributed by atoms with E-state index in [-0.39, 0.29) is 25.2 Å². The molecule has 1 amide bonds. The molecule has 0 aliphatic rings. The molecule has 0 aromatic heterocycles. The van der Waals surface area contributed by atoms with E-state index in [1.807, 2.05) is 44.2 Å². The van der Waals surface area contributed by atoms with Crippen molar-refractivity contribution < 1.29 is 19.1 Å². The lowest BCUT2D eigenvalue weighted by molar-refractivity contribution is -0.147. The van der Waals surface area contributed by atoms with E-state index in [1.165, 1.54) is 0 Å². The van der Waals surface area contributed by atoms with Crippen molar-refractivity contribution in [1.29, 1.82) is 0 Å². The van der Waals surface area contributed by atoms with E-state index in [4.69, 9.17) is 4.74 Å². The summed E-state index contributed by atoms with van der Waals surface area (Å²) in [5.74, 6) is -1.10. The number of hydrogen-bond donors (Lipinski definition) is 1. The number of hydrogen-bond acceptors (Lipinski definition) is 4. The third-order valence-corrected chi connectivity index (χ3v) is 4.53.